The van der Waals surface area contributed by atoms with E-state index in [2.05, 4.69) is 42.7 Å². The average Bonchev–Trinajstić information content (AvgIpc) is 2.99. The summed E-state index contributed by atoms with van der Waals surface area (Å²) in [5.74, 6) is 1.16. The Morgan fingerprint density at radius 2 is 1.88 bits per heavy atom. The second-order valence-electron chi connectivity index (χ2n) is 7.24. The van der Waals surface area contributed by atoms with E-state index in [1.54, 1.807) is 0 Å². The maximum Gasteiger partial charge on any atom is 0.167 e. The number of carbonyl (C=O) groups is 1. The SMILES string of the molecule is Cc1ccc(C)c(OCCCn2cc(C(=O)C(C)C)c3ccccc32)c1. The van der Waals surface area contributed by atoms with E-state index in [0.29, 0.717) is 6.61 Å². The van der Waals surface area contributed by atoms with Crippen LogP contribution < -0.4 is 4.74 Å². The zero-order valence-corrected chi connectivity index (χ0v) is 16.1. The molecule has 3 heteroatoms. The smallest absolute Gasteiger partial charge is 0.167 e. The van der Waals surface area contributed by atoms with Crippen molar-refractivity contribution in [3.63, 3.8) is 0 Å². The van der Waals surface area contributed by atoms with Gasteiger partial charge in [-0.2, -0.15) is 0 Å². The third kappa shape index (κ3) is 3.82. The Kier molecular flexibility index (Phi) is 5.46. The fraction of sp³-hybridized carbons (Fsp3) is 0.348. The second kappa shape index (κ2) is 7.77. The molecular weight excluding hydrogens is 322 g/mol. The van der Waals surface area contributed by atoms with Crippen LogP contribution in [-0.2, 0) is 6.54 Å². The quantitative estimate of drug-likeness (QED) is 0.413. The standard InChI is InChI=1S/C23H27NO2/c1-16(2)23(25)20-15-24(21-9-6-5-8-19(20)21)12-7-13-26-22-14-17(3)10-11-18(22)4/h5-6,8-11,14-16H,7,12-13H2,1-4H3. The maximum atomic E-state index is 12.5. The van der Waals surface area contributed by atoms with E-state index in [-0.39, 0.29) is 11.7 Å². The van der Waals surface area contributed by atoms with Crippen LogP contribution in [0.25, 0.3) is 10.9 Å². The van der Waals surface area contributed by atoms with Gasteiger partial charge in [-0.15, -0.1) is 0 Å². The highest BCUT2D eigenvalue weighted by Gasteiger charge is 2.17. The van der Waals surface area contributed by atoms with Gasteiger partial charge < -0.3 is 9.30 Å². The number of Topliss-reactive ketones (excluding diaryl/α,β-unsaturated/α-hetero) is 1. The fourth-order valence-corrected chi connectivity index (χ4v) is 3.22. The molecule has 2 aromatic carbocycles. The Morgan fingerprint density at radius 3 is 2.65 bits per heavy atom. The molecule has 0 unspecified atom stereocenters. The minimum atomic E-state index is 0.00175. The molecule has 0 spiro atoms. The second-order valence-corrected chi connectivity index (χ2v) is 7.24. The molecule has 0 radical (unpaired) electrons. The van der Waals surface area contributed by atoms with Gasteiger partial charge in [0.25, 0.3) is 0 Å². The third-order valence-corrected chi connectivity index (χ3v) is 4.72. The third-order valence-electron chi connectivity index (χ3n) is 4.72. The molecule has 0 aliphatic carbocycles. The summed E-state index contributed by atoms with van der Waals surface area (Å²) in [4.78, 5) is 12.5. The van der Waals surface area contributed by atoms with Crippen LogP contribution in [0.2, 0.25) is 0 Å². The van der Waals surface area contributed by atoms with E-state index in [1.165, 1.54) is 5.56 Å². The van der Waals surface area contributed by atoms with E-state index in [9.17, 15) is 4.79 Å². The molecule has 0 saturated carbocycles. The van der Waals surface area contributed by atoms with Gasteiger partial charge in [0.15, 0.2) is 5.78 Å². The first-order chi connectivity index (χ1) is 12.5. The van der Waals surface area contributed by atoms with Crippen LogP contribution in [0.3, 0.4) is 0 Å². The number of ether oxygens (including phenoxy) is 1. The van der Waals surface area contributed by atoms with Crippen molar-refractivity contribution >= 4 is 16.7 Å². The number of carbonyl (C=O) groups excluding carboxylic acids is 1. The van der Waals surface area contributed by atoms with E-state index >= 15 is 0 Å². The van der Waals surface area contributed by atoms with Gasteiger partial charge >= 0.3 is 0 Å². The molecule has 0 N–H and O–H groups in total. The van der Waals surface area contributed by atoms with Crippen molar-refractivity contribution in [1.29, 1.82) is 0 Å². The highest BCUT2D eigenvalue weighted by atomic mass is 16.5. The van der Waals surface area contributed by atoms with Gasteiger partial charge in [-0.25, -0.2) is 0 Å². The molecule has 0 atom stereocenters. The minimum Gasteiger partial charge on any atom is -0.493 e. The van der Waals surface area contributed by atoms with Crippen LogP contribution in [0.1, 0.15) is 41.8 Å². The Hall–Kier alpha value is -2.55. The van der Waals surface area contributed by atoms with Crippen molar-refractivity contribution in [3.8, 4) is 5.75 Å². The Bertz CT molecular complexity index is 921. The molecule has 0 fully saturated rings. The van der Waals surface area contributed by atoms with Gasteiger partial charge in [0.1, 0.15) is 5.75 Å². The summed E-state index contributed by atoms with van der Waals surface area (Å²) in [6.45, 7) is 9.53. The lowest BCUT2D eigenvalue weighted by Gasteiger charge is -2.10. The lowest BCUT2D eigenvalue weighted by Crippen LogP contribution is -2.07. The first-order valence-corrected chi connectivity index (χ1v) is 9.29. The largest absolute Gasteiger partial charge is 0.493 e. The number of nitrogens with zero attached hydrogens (tertiary/aromatic N) is 1. The van der Waals surface area contributed by atoms with Crippen molar-refractivity contribution < 1.29 is 9.53 Å². The summed E-state index contributed by atoms with van der Waals surface area (Å²) in [5.41, 5.74) is 4.31. The number of rotatable bonds is 7. The van der Waals surface area contributed by atoms with Crippen molar-refractivity contribution in [1.82, 2.24) is 4.57 Å². The molecular formula is C23H27NO2. The molecule has 3 rings (SSSR count). The molecule has 26 heavy (non-hydrogen) atoms. The van der Waals surface area contributed by atoms with E-state index in [0.717, 1.165) is 40.7 Å². The first kappa shape index (κ1) is 18.2. The van der Waals surface area contributed by atoms with E-state index < -0.39 is 0 Å². The van der Waals surface area contributed by atoms with Gasteiger partial charge in [-0.3, -0.25) is 4.79 Å². The highest BCUT2D eigenvalue weighted by molar-refractivity contribution is 6.08. The van der Waals surface area contributed by atoms with Crippen LogP contribution in [0.5, 0.6) is 5.75 Å². The summed E-state index contributed by atoms with van der Waals surface area (Å²) in [6.07, 6.45) is 2.90. The Labute approximate surface area is 155 Å². The average molecular weight is 349 g/mol. The number of hydrogen-bond acceptors (Lipinski definition) is 2. The number of benzene rings is 2. The molecule has 0 amide bonds. The number of aryl methyl sites for hydroxylation is 3. The van der Waals surface area contributed by atoms with Gasteiger partial charge in [0, 0.05) is 35.1 Å². The predicted molar refractivity (Wildman–Crippen MR) is 107 cm³/mol. The summed E-state index contributed by atoms with van der Waals surface area (Å²) in [6, 6.07) is 14.4. The zero-order chi connectivity index (χ0) is 18.7. The van der Waals surface area contributed by atoms with Crippen molar-refractivity contribution in [2.24, 2.45) is 5.92 Å². The number of fused-ring (bicyclic) bond motifs is 1. The maximum absolute atomic E-state index is 12.5. The van der Waals surface area contributed by atoms with Gasteiger partial charge in [-0.05, 0) is 43.5 Å². The number of aromatic nitrogens is 1. The fourth-order valence-electron chi connectivity index (χ4n) is 3.22. The molecule has 136 valence electrons. The summed E-state index contributed by atoms with van der Waals surface area (Å²) in [7, 11) is 0. The van der Waals surface area contributed by atoms with Gasteiger partial charge in [-0.1, -0.05) is 44.2 Å². The van der Waals surface area contributed by atoms with Crippen LogP contribution in [0.15, 0.2) is 48.7 Å². The lowest BCUT2D eigenvalue weighted by atomic mass is 10.0. The van der Waals surface area contributed by atoms with Crippen LogP contribution >= 0.6 is 0 Å². The predicted octanol–water partition coefficient (Wildman–Crippen LogP) is 5.57. The molecule has 0 bridgehead atoms. The van der Waals surface area contributed by atoms with Crippen molar-refractivity contribution in [2.45, 2.75) is 40.7 Å². The number of para-hydroxylation sites is 1. The molecule has 1 aromatic heterocycles. The minimum absolute atomic E-state index is 0.00175. The highest BCUT2D eigenvalue weighted by Crippen LogP contribution is 2.24. The number of hydrogen-bond donors (Lipinski definition) is 0. The summed E-state index contributed by atoms with van der Waals surface area (Å²) >= 11 is 0. The molecule has 1 heterocycles. The Morgan fingerprint density at radius 1 is 1.12 bits per heavy atom. The normalized spacial score (nSPS) is 11.3. The topological polar surface area (TPSA) is 31.2 Å². The van der Waals surface area contributed by atoms with Crippen LogP contribution in [0, 0.1) is 19.8 Å². The molecule has 0 aliphatic heterocycles. The molecule has 0 aliphatic rings. The monoisotopic (exact) mass is 349 g/mol. The number of ketones is 1. The van der Waals surface area contributed by atoms with Gasteiger partial charge in [0.05, 0.1) is 6.61 Å². The van der Waals surface area contributed by atoms with Crippen molar-refractivity contribution in [3.05, 3.63) is 65.4 Å². The summed E-state index contributed by atoms with van der Waals surface area (Å²) < 4.78 is 8.14. The van der Waals surface area contributed by atoms with Crippen LogP contribution in [0.4, 0.5) is 0 Å². The Balaban J connectivity index is 1.71. The van der Waals surface area contributed by atoms with Crippen LogP contribution in [-0.4, -0.2) is 17.0 Å². The first-order valence-electron chi connectivity index (χ1n) is 9.29. The lowest BCUT2D eigenvalue weighted by molar-refractivity contribution is 0.0941. The molecule has 0 saturated heterocycles. The molecule has 3 aromatic rings. The van der Waals surface area contributed by atoms with E-state index in [4.69, 9.17) is 4.74 Å². The summed E-state index contributed by atoms with van der Waals surface area (Å²) in [5, 5.41) is 1.04. The van der Waals surface area contributed by atoms with E-state index in [1.807, 2.05) is 38.2 Å². The molecule has 3 nitrogen and oxygen atoms in total. The zero-order valence-electron chi connectivity index (χ0n) is 16.1. The van der Waals surface area contributed by atoms with Gasteiger partial charge in [0.2, 0.25) is 0 Å². The van der Waals surface area contributed by atoms with Crippen molar-refractivity contribution in [2.75, 3.05) is 6.61 Å².